The van der Waals surface area contributed by atoms with Gasteiger partial charge in [-0.3, -0.25) is 10.1 Å². The second-order valence-electron chi connectivity index (χ2n) is 7.74. The third-order valence-electron chi connectivity index (χ3n) is 5.40. The van der Waals surface area contributed by atoms with E-state index in [4.69, 9.17) is 19.9 Å². The van der Waals surface area contributed by atoms with E-state index in [1.54, 1.807) is 12.1 Å². The Balaban J connectivity index is 1.60. The first-order valence-corrected chi connectivity index (χ1v) is 10.8. The van der Waals surface area contributed by atoms with E-state index in [1.807, 2.05) is 31.2 Å². The van der Waals surface area contributed by atoms with Crippen LogP contribution in [0.3, 0.4) is 0 Å². The molecule has 0 spiro atoms. The number of hydrogen-bond acceptors (Lipinski definition) is 8. The number of hydrogen-bond donors (Lipinski definition) is 1. The molecule has 0 radical (unpaired) electrons. The fourth-order valence-corrected chi connectivity index (χ4v) is 3.70. The molecule has 1 unspecified atom stereocenters. The van der Waals surface area contributed by atoms with Gasteiger partial charge in [0.25, 0.3) is 5.69 Å². The number of carbonyl (C=O) groups is 1. The van der Waals surface area contributed by atoms with Gasteiger partial charge in [-0.2, -0.15) is 5.26 Å². The topological polar surface area (TPSA) is 138 Å². The number of nitro groups is 1. The number of benzene rings is 3. The molecule has 0 aliphatic carbocycles. The summed E-state index contributed by atoms with van der Waals surface area (Å²) in [6.07, 6.45) is 0.893. The van der Waals surface area contributed by atoms with Crippen molar-refractivity contribution in [2.24, 2.45) is 5.73 Å². The number of carbonyl (C=O) groups excluding carboxylic acids is 1. The number of rotatable bonds is 7. The van der Waals surface area contributed by atoms with Gasteiger partial charge in [0.15, 0.2) is 0 Å². The molecule has 1 atom stereocenters. The molecule has 9 nitrogen and oxygen atoms in total. The summed E-state index contributed by atoms with van der Waals surface area (Å²) in [5.41, 5.74) is 7.87. The second-order valence-corrected chi connectivity index (χ2v) is 7.74. The molecule has 0 saturated carbocycles. The molecule has 0 fully saturated rings. The first-order valence-electron chi connectivity index (χ1n) is 10.8. The highest BCUT2D eigenvalue weighted by Gasteiger charge is 2.31. The van der Waals surface area contributed by atoms with Crippen LogP contribution in [0, 0.1) is 21.4 Å². The molecular weight excluding hydrogens is 450 g/mol. The average molecular weight is 471 g/mol. The second kappa shape index (κ2) is 9.97. The monoisotopic (exact) mass is 471 g/mol. The molecule has 2 N–H and O–H groups in total. The first kappa shape index (κ1) is 23.3. The SMILES string of the molecule is CCCOc1ccc(C2C(C#N)=C(N)Oc3cc(OC(=O)c4ccc([N+](=O)[O-])cc4)ccc32)cc1. The summed E-state index contributed by atoms with van der Waals surface area (Å²) in [6, 6.07) is 19.5. The summed E-state index contributed by atoms with van der Waals surface area (Å²) in [5.74, 6) is 0.0932. The van der Waals surface area contributed by atoms with Crippen LogP contribution in [0.1, 0.15) is 40.7 Å². The van der Waals surface area contributed by atoms with Crippen molar-refractivity contribution in [3.63, 3.8) is 0 Å². The number of nitriles is 1. The molecule has 1 heterocycles. The number of nitro benzene ring substituents is 1. The summed E-state index contributed by atoms with van der Waals surface area (Å²) in [6.45, 7) is 2.63. The maximum Gasteiger partial charge on any atom is 0.343 e. The maximum absolute atomic E-state index is 12.5. The minimum Gasteiger partial charge on any atom is -0.494 e. The Labute approximate surface area is 201 Å². The van der Waals surface area contributed by atoms with Gasteiger partial charge in [0.05, 0.1) is 23.0 Å². The number of nitrogens with zero attached hydrogens (tertiary/aromatic N) is 2. The van der Waals surface area contributed by atoms with Gasteiger partial charge in [-0.1, -0.05) is 25.1 Å². The van der Waals surface area contributed by atoms with E-state index in [2.05, 4.69) is 6.07 Å². The summed E-state index contributed by atoms with van der Waals surface area (Å²) in [5, 5.41) is 20.5. The van der Waals surface area contributed by atoms with Crippen LogP contribution in [0.2, 0.25) is 0 Å². The van der Waals surface area contributed by atoms with Gasteiger partial charge in [0.1, 0.15) is 28.9 Å². The number of ether oxygens (including phenoxy) is 3. The molecule has 0 bridgehead atoms. The molecule has 3 aromatic rings. The molecule has 1 aliphatic heterocycles. The summed E-state index contributed by atoms with van der Waals surface area (Å²) >= 11 is 0. The Morgan fingerprint density at radius 3 is 2.43 bits per heavy atom. The van der Waals surface area contributed by atoms with Crippen LogP contribution in [-0.4, -0.2) is 17.5 Å². The van der Waals surface area contributed by atoms with E-state index in [9.17, 15) is 20.2 Å². The minimum atomic E-state index is -0.684. The van der Waals surface area contributed by atoms with Crippen LogP contribution in [0.25, 0.3) is 0 Å². The Hall–Kier alpha value is -4.84. The van der Waals surface area contributed by atoms with Gasteiger partial charge in [-0.25, -0.2) is 4.79 Å². The van der Waals surface area contributed by atoms with E-state index in [-0.39, 0.29) is 28.5 Å². The van der Waals surface area contributed by atoms with E-state index in [0.29, 0.717) is 17.9 Å². The van der Waals surface area contributed by atoms with Gasteiger partial charge in [-0.05, 0) is 42.3 Å². The highest BCUT2D eigenvalue weighted by atomic mass is 16.6. The van der Waals surface area contributed by atoms with Crippen molar-refractivity contribution in [1.29, 1.82) is 5.26 Å². The van der Waals surface area contributed by atoms with Crippen molar-refractivity contribution in [3.8, 4) is 23.3 Å². The van der Waals surface area contributed by atoms with Crippen molar-refractivity contribution in [2.75, 3.05) is 6.61 Å². The maximum atomic E-state index is 12.5. The lowest BCUT2D eigenvalue weighted by molar-refractivity contribution is -0.384. The van der Waals surface area contributed by atoms with Gasteiger partial charge in [-0.15, -0.1) is 0 Å². The summed E-state index contributed by atoms with van der Waals surface area (Å²) < 4.78 is 16.7. The Bertz CT molecular complexity index is 1340. The zero-order valence-corrected chi connectivity index (χ0v) is 18.8. The van der Waals surface area contributed by atoms with E-state index < -0.39 is 16.8 Å². The molecule has 3 aromatic carbocycles. The lowest BCUT2D eigenvalue weighted by Crippen LogP contribution is -2.21. The van der Waals surface area contributed by atoms with Crippen LogP contribution >= 0.6 is 0 Å². The molecule has 9 heteroatoms. The van der Waals surface area contributed by atoms with Crippen LogP contribution in [0.5, 0.6) is 17.2 Å². The molecule has 0 amide bonds. The molecule has 176 valence electrons. The van der Waals surface area contributed by atoms with Crippen molar-refractivity contribution < 1.29 is 23.9 Å². The smallest absolute Gasteiger partial charge is 0.343 e. The quantitative estimate of drug-likeness (QED) is 0.224. The predicted molar refractivity (Wildman–Crippen MR) is 126 cm³/mol. The van der Waals surface area contributed by atoms with Crippen molar-refractivity contribution in [2.45, 2.75) is 19.3 Å². The zero-order valence-electron chi connectivity index (χ0n) is 18.8. The van der Waals surface area contributed by atoms with E-state index >= 15 is 0 Å². The fraction of sp³-hybridized carbons (Fsp3) is 0.154. The highest BCUT2D eigenvalue weighted by molar-refractivity contribution is 5.91. The summed E-state index contributed by atoms with van der Waals surface area (Å²) in [7, 11) is 0. The third-order valence-corrected chi connectivity index (χ3v) is 5.40. The van der Waals surface area contributed by atoms with E-state index in [1.165, 1.54) is 30.3 Å². The van der Waals surface area contributed by atoms with E-state index in [0.717, 1.165) is 17.7 Å². The van der Waals surface area contributed by atoms with Crippen molar-refractivity contribution in [3.05, 3.63) is 105 Å². The van der Waals surface area contributed by atoms with Crippen LogP contribution in [0.4, 0.5) is 5.69 Å². The molecule has 4 rings (SSSR count). The summed E-state index contributed by atoms with van der Waals surface area (Å²) in [4.78, 5) is 22.8. The minimum absolute atomic E-state index is 0.0323. The third kappa shape index (κ3) is 4.91. The molecule has 0 saturated heterocycles. The van der Waals surface area contributed by atoms with Crippen molar-refractivity contribution in [1.82, 2.24) is 0 Å². The van der Waals surface area contributed by atoms with Gasteiger partial charge in [0.2, 0.25) is 5.88 Å². The average Bonchev–Trinajstić information content (AvgIpc) is 2.87. The lowest BCUT2D eigenvalue weighted by Gasteiger charge is -2.26. The lowest BCUT2D eigenvalue weighted by atomic mass is 9.83. The van der Waals surface area contributed by atoms with Crippen LogP contribution in [-0.2, 0) is 0 Å². The van der Waals surface area contributed by atoms with Crippen LogP contribution in [0.15, 0.2) is 78.2 Å². The molecule has 1 aliphatic rings. The fourth-order valence-electron chi connectivity index (χ4n) is 3.70. The standard InChI is InChI=1S/C26H21N3O6/c1-2-13-33-19-9-5-16(6-10-19)24-21-12-11-20(14-23(21)35-25(28)22(24)15-27)34-26(30)17-3-7-18(8-4-17)29(31)32/h3-12,14,24H,2,13,28H2,1H3. The van der Waals surface area contributed by atoms with Gasteiger partial charge in [0, 0.05) is 23.8 Å². The Kier molecular flexibility index (Phi) is 6.64. The Morgan fingerprint density at radius 1 is 1.11 bits per heavy atom. The Morgan fingerprint density at radius 2 is 1.80 bits per heavy atom. The number of fused-ring (bicyclic) bond motifs is 1. The number of allylic oxidation sites excluding steroid dienone is 1. The largest absolute Gasteiger partial charge is 0.494 e. The highest BCUT2D eigenvalue weighted by Crippen LogP contribution is 2.43. The van der Waals surface area contributed by atoms with Gasteiger partial charge < -0.3 is 19.9 Å². The molecule has 0 aromatic heterocycles. The molecule has 35 heavy (non-hydrogen) atoms. The first-order chi connectivity index (χ1) is 16.9. The van der Waals surface area contributed by atoms with Crippen molar-refractivity contribution >= 4 is 11.7 Å². The number of nitrogens with two attached hydrogens (primary N) is 1. The zero-order chi connectivity index (χ0) is 24.9. The molecular formula is C26H21N3O6. The number of esters is 1. The van der Waals surface area contributed by atoms with Crippen LogP contribution < -0.4 is 19.9 Å². The predicted octanol–water partition coefficient (Wildman–Crippen LogP) is 4.82. The van der Waals surface area contributed by atoms with Gasteiger partial charge >= 0.3 is 5.97 Å². The normalized spacial score (nSPS) is 14.3. The number of non-ortho nitro benzene ring substituents is 1.